The number of rotatable bonds is 8. The third-order valence-electron chi connectivity index (χ3n) is 5.47. The van der Waals surface area contributed by atoms with Crippen molar-refractivity contribution in [3.05, 3.63) is 23.8 Å². The summed E-state index contributed by atoms with van der Waals surface area (Å²) in [6.45, 7) is 6.43. The fourth-order valence-electron chi connectivity index (χ4n) is 3.74. The molecule has 26 heavy (non-hydrogen) atoms. The summed E-state index contributed by atoms with van der Waals surface area (Å²) in [6.07, 6.45) is 7.28. The van der Waals surface area contributed by atoms with E-state index in [0.717, 1.165) is 44.2 Å². The van der Waals surface area contributed by atoms with Crippen molar-refractivity contribution in [1.82, 2.24) is 9.80 Å². The van der Waals surface area contributed by atoms with Crippen LogP contribution in [0.5, 0.6) is 11.5 Å². The molecule has 3 rings (SSSR count). The van der Waals surface area contributed by atoms with Gasteiger partial charge in [-0.1, -0.05) is 25.3 Å². The van der Waals surface area contributed by atoms with E-state index in [4.69, 9.17) is 9.47 Å². The number of nitrogens with zero attached hydrogens (tertiary/aromatic N) is 2. The van der Waals surface area contributed by atoms with Crippen molar-refractivity contribution < 1.29 is 14.6 Å². The van der Waals surface area contributed by atoms with Crippen LogP contribution in [0.3, 0.4) is 0 Å². The topological polar surface area (TPSA) is 45.2 Å². The minimum atomic E-state index is -0.461. The molecular weight excluding hydrogens is 328 g/mol. The van der Waals surface area contributed by atoms with Gasteiger partial charge >= 0.3 is 0 Å². The molecule has 0 bridgehead atoms. The summed E-state index contributed by atoms with van der Waals surface area (Å²) in [5.74, 6) is 1.63. The molecule has 5 nitrogen and oxygen atoms in total. The number of ether oxygens (including phenoxy) is 2. The van der Waals surface area contributed by atoms with Gasteiger partial charge in [-0.2, -0.15) is 0 Å². The van der Waals surface area contributed by atoms with Gasteiger partial charge < -0.3 is 19.5 Å². The second kappa shape index (κ2) is 10.1. The molecule has 0 aromatic heterocycles. The molecule has 2 saturated heterocycles. The summed E-state index contributed by atoms with van der Waals surface area (Å²) in [5, 5.41) is 10.5. The van der Waals surface area contributed by atoms with Gasteiger partial charge in [-0.3, -0.25) is 4.90 Å². The highest BCUT2D eigenvalue weighted by atomic mass is 16.5. The van der Waals surface area contributed by atoms with E-state index in [9.17, 15) is 5.11 Å². The third-order valence-corrected chi connectivity index (χ3v) is 5.47. The molecule has 0 saturated carbocycles. The van der Waals surface area contributed by atoms with Crippen molar-refractivity contribution in [2.24, 2.45) is 0 Å². The van der Waals surface area contributed by atoms with Gasteiger partial charge in [-0.15, -0.1) is 0 Å². The molecule has 2 fully saturated rings. The van der Waals surface area contributed by atoms with Crippen molar-refractivity contribution in [1.29, 1.82) is 0 Å². The SMILES string of the molecule is COc1ccc(CN2CCC2)c(OCC(O)CN2CCCCCCC2)c1. The van der Waals surface area contributed by atoms with Crippen LogP contribution in [-0.2, 0) is 6.54 Å². The summed E-state index contributed by atoms with van der Waals surface area (Å²) in [4.78, 5) is 4.80. The molecule has 1 unspecified atom stereocenters. The van der Waals surface area contributed by atoms with E-state index in [-0.39, 0.29) is 0 Å². The zero-order chi connectivity index (χ0) is 18.2. The second-order valence-corrected chi connectivity index (χ2v) is 7.64. The van der Waals surface area contributed by atoms with Crippen LogP contribution in [-0.4, -0.2) is 67.5 Å². The van der Waals surface area contributed by atoms with Gasteiger partial charge in [0.1, 0.15) is 24.2 Å². The Hall–Kier alpha value is -1.30. The molecule has 5 heteroatoms. The number of hydrogen-bond donors (Lipinski definition) is 1. The maximum Gasteiger partial charge on any atom is 0.127 e. The van der Waals surface area contributed by atoms with E-state index in [1.807, 2.05) is 12.1 Å². The summed E-state index contributed by atoms with van der Waals surface area (Å²) in [7, 11) is 1.67. The molecule has 1 N–H and O–H groups in total. The number of methoxy groups -OCH3 is 1. The van der Waals surface area contributed by atoms with Gasteiger partial charge in [0, 0.05) is 24.7 Å². The van der Waals surface area contributed by atoms with Gasteiger partial charge in [0.05, 0.1) is 7.11 Å². The lowest BCUT2D eigenvalue weighted by Crippen LogP contribution is -2.38. The minimum absolute atomic E-state index is 0.330. The highest BCUT2D eigenvalue weighted by Gasteiger charge is 2.18. The van der Waals surface area contributed by atoms with Gasteiger partial charge in [0.2, 0.25) is 0 Å². The van der Waals surface area contributed by atoms with Crippen molar-refractivity contribution >= 4 is 0 Å². The van der Waals surface area contributed by atoms with E-state index in [1.54, 1.807) is 7.11 Å². The third kappa shape index (κ3) is 5.86. The second-order valence-electron chi connectivity index (χ2n) is 7.64. The number of hydrogen-bond acceptors (Lipinski definition) is 5. The highest BCUT2D eigenvalue weighted by Crippen LogP contribution is 2.27. The lowest BCUT2D eigenvalue weighted by atomic mass is 10.1. The van der Waals surface area contributed by atoms with Crippen LogP contribution < -0.4 is 9.47 Å². The van der Waals surface area contributed by atoms with Crippen LogP contribution in [0.25, 0.3) is 0 Å². The first-order valence-corrected chi connectivity index (χ1v) is 10.2. The number of aliphatic hydroxyl groups excluding tert-OH is 1. The van der Waals surface area contributed by atoms with Crippen molar-refractivity contribution in [3.63, 3.8) is 0 Å². The first-order valence-electron chi connectivity index (χ1n) is 10.2. The Balaban J connectivity index is 1.53. The Morgan fingerprint density at radius 3 is 2.31 bits per heavy atom. The predicted molar refractivity (Wildman–Crippen MR) is 104 cm³/mol. The van der Waals surface area contributed by atoms with E-state index in [2.05, 4.69) is 15.9 Å². The Morgan fingerprint density at radius 2 is 1.65 bits per heavy atom. The molecule has 2 aliphatic rings. The fraction of sp³-hybridized carbons (Fsp3) is 0.714. The summed E-state index contributed by atoms with van der Waals surface area (Å²) in [5.41, 5.74) is 1.17. The zero-order valence-electron chi connectivity index (χ0n) is 16.2. The molecule has 1 aromatic carbocycles. The minimum Gasteiger partial charge on any atom is -0.497 e. The van der Waals surface area contributed by atoms with Gasteiger partial charge in [0.15, 0.2) is 0 Å². The van der Waals surface area contributed by atoms with E-state index < -0.39 is 6.10 Å². The van der Waals surface area contributed by atoms with Crippen LogP contribution in [0.2, 0.25) is 0 Å². The van der Waals surface area contributed by atoms with E-state index in [0.29, 0.717) is 13.2 Å². The fourth-order valence-corrected chi connectivity index (χ4v) is 3.74. The van der Waals surface area contributed by atoms with Crippen LogP contribution in [0, 0.1) is 0 Å². The first-order chi connectivity index (χ1) is 12.7. The van der Waals surface area contributed by atoms with Crippen molar-refractivity contribution in [3.8, 4) is 11.5 Å². The van der Waals surface area contributed by atoms with Crippen molar-refractivity contribution in [2.75, 3.05) is 46.4 Å². The Kier molecular flexibility index (Phi) is 7.59. The molecule has 1 atom stereocenters. The van der Waals surface area contributed by atoms with Crippen LogP contribution in [0.15, 0.2) is 18.2 Å². The smallest absolute Gasteiger partial charge is 0.127 e. The molecule has 0 radical (unpaired) electrons. The normalized spacial score (nSPS) is 20.7. The average molecular weight is 363 g/mol. The van der Waals surface area contributed by atoms with Crippen molar-refractivity contribution in [2.45, 2.75) is 51.2 Å². The zero-order valence-corrected chi connectivity index (χ0v) is 16.2. The molecule has 1 aromatic rings. The Labute approximate surface area is 157 Å². The molecule has 0 amide bonds. The maximum atomic E-state index is 10.5. The van der Waals surface area contributed by atoms with Crippen LogP contribution in [0.1, 0.15) is 44.1 Å². The Morgan fingerprint density at radius 1 is 0.962 bits per heavy atom. The number of aliphatic hydroxyl groups is 1. The van der Waals surface area contributed by atoms with Gasteiger partial charge in [0.25, 0.3) is 0 Å². The van der Waals surface area contributed by atoms with Crippen LogP contribution in [0.4, 0.5) is 0 Å². The quantitative estimate of drug-likeness (QED) is 0.770. The predicted octanol–water partition coefficient (Wildman–Crippen LogP) is 2.91. The van der Waals surface area contributed by atoms with E-state index in [1.165, 1.54) is 44.1 Å². The van der Waals surface area contributed by atoms with E-state index >= 15 is 0 Å². The molecule has 0 aliphatic carbocycles. The van der Waals surface area contributed by atoms with Gasteiger partial charge in [-0.25, -0.2) is 0 Å². The van der Waals surface area contributed by atoms with Crippen LogP contribution >= 0.6 is 0 Å². The first kappa shape index (κ1) is 19.5. The maximum absolute atomic E-state index is 10.5. The lowest BCUT2D eigenvalue weighted by Gasteiger charge is -2.31. The molecule has 146 valence electrons. The summed E-state index contributed by atoms with van der Waals surface area (Å²) >= 11 is 0. The average Bonchev–Trinajstić information content (AvgIpc) is 2.59. The summed E-state index contributed by atoms with van der Waals surface area (Å²) in [6, 6.07) is 6.01. The number of likely N-dealkylation sites (tertiary alicyclic amines) is 2. The monoisotopic (exact) mass is 362 g/mol. The standard InChI is InChI=1S/C21H34N2O3/c1-25-20-9-8-18(15-22-12-7-13-22)21(14-20)26-17-19(24)16-23-10-5-3-2-4-6-11-23/h8-9,14,19,24H,2-7,10-13,15-17H2,1H3. The molecule has 0 spiro atoms. The molecular formula is C21H34N2O3. The lowest BCUT2D eigenvalue weighted by molar-refractivity contribution is 0.0644. The van der Waals surface area contributed by atoms with Gasteiger partial charge in [-0.05, 0) is 51.5 Å². The Bertz CT molecular complexity index is 540. The number of benzene rings is 1. The molecule has 2 aliphatic heterocycles. The largest absolute Gasteiger partial charge is 0.497 e. The number of β-amino-alcohol motifs (C(OH)–C–C–N with tert-alkyl or cyclic N) is 1. The molecule has 2 heterocycles. The highest BCUT2D eigenvalue weighted by molar-refractivity contribution is 5.40. The summed E-state index contributed by atoms with van der Waals surface area (Å²) < 4.78 is 11.4.